The lowest BCUT2D eigenvalue weighted by molar-refractivity contribution is -0.118. The van der Waals surface area contributed by atoms with Crippen LogP contribution in [0.5, 0.6) is 5.75 Å². The molecule has 1 aromatic carbocycles. The fraction of sp³-hybridized carbons (Fsp3) is 0.412. The van der Waals surface area contributed by atoms with Gasteiger partial charge in [-0.3, -0.25) is 4.79 Å². The summed E-state index contributed by atoms with van der Waals surface area (Å²) in [5, 5.41) is 2.73. The molecule has 0 aliphatic rings. The van der Waals surface area contributed by atoms with E-state index in [4.69, 9.17) is 9.15 Å². The topological polar surface area (TPSA) is 111 Å². The number of methoxy groups -OCH3 is 1. The molecule has 8 nitrogen and oxygen atoms in total. The van der Waals surface area contributed by atoms with Gasteiger partial charge in [-0.2, -0.15) is 0 Å². The van der Waals surface area contributed by atoms with Crippen molar-refractivity contribution in [3.8, 4) is 17.1 Å². The summed E-state index contributed by atoms with van der Waals surface area (Å²) in [6, 6.07) is 4.20. The molecule has 0 fully saturated rings. The quantitative estimate of drug-likeness (QED) is 0.726. The number of nitrogens with one attached hydrogen (secondary N) is 2. The molecule has 0 saturated heterocycles. The maximum atomic E-state index is 12.5. The number of ether oxygens (including phenoxy) is 1. The molecule has 0 saturated carbocycles. The van der Waals surface area contributed by atoms with E-state index >= 15 is 0 Å². The number of nitrogens with zero attached hydrogens (tertiary/aromatic N) is 1. The zero-order chi connectivity index (χ0) is 19.3. The summed E-state index contributed by atoms with van der Waals surface area (Å²) in [6.07, 6.45) is 4.29. The highest BCUT2D eigenvalue weighted by atomic mass is 32.2. The largest absolute Gasteiger partial charge is 0.496 e. The minimum absolute atomic E-state index is 0.142. The summed E-state index contributed by atoms with van der Waals surface area (Å²) in [5.74, 6) is 0.745. The predicted molar refractivity (Wildman–Crippen MR) is 98.3 cm³/mol. The third-order valence-electron chi connectivity index (χ3n) is 3.55. The van der Waals surface area contributed by atoms with Crippen LogP contribution in [0.1, 0.15) is 20.3 Å². The van der Waals surface area contributed by atoms with Crippen molar-refractivity contribution in [2.45, 2.75) is 26.3 Å². The number of sulfonamides is 1. The normalized spacial score (nSPS) is 12.8. The molecule has 26 heavy (non-hydrogen) atoms. The lowest BCUT2D eigenvalue weighted by Gasteiger charge is -2.19. The Morgan fingerprint density at radius 3 is 2.62 bits per heavy atom. The van der Waals surface area contributed by atoms with Gasteiger partial charge in [0, 0.05) is 11.8 Å². The van der Waals surface area contributed by atoms with Crippen LogP contribution in [0, 0.1) is 5.92 Å². The number of hydrogen-bond donors (Lipinski definition) is 2. The summed E-state index contributed by atoms with van der Waals surface area (Å²) in [4.78, 5) is 16.4. The average Bonchev–Trinajstić information content (AvgIpc) is 3.06. The molecule has 1 heterocycles. The third-order valence-corrected chi connectivity index (χ3v) is 4.26. The number of rotatable bonds is 8. The summed E-state index contributed by atoms with van der Waals surface area (Å²) in [7, 11) is -2.00. The van der Waals surface area contributed by atoms with E-state index in [-0.39, 0.29) is 5.92 Å². The molecular weight excluding hydrogens is 358 g/mol. The highest BCUT2D eigenvalue weighted by Gasteiger charge is 2.23. The number of aromatic nitrogens is 1. The number of hydrogen-bond acceptors (Lipinski definition) is 6. The van der Waals surface area contributed by atoms with Gasteiger partial charge in [-0.05, 0) is 24.5 Å². The van der Waals surface area contributed by atoms with E-state index in [0.717, 1.165) is 6.26 Å². The monoisotopic (exact) mass is 381 g/mol. The summed E-state index contributed by atoms with van der Waals surface area (Å²) >= 11 is 0. The highest BCUT2D eigenvalue weighted by molar-refractivity contribution is 7.88. The van der Waals surface area contributed by atoms with Gasteiger partial charge in [-0.15, -0.1) is 0 Å². The molecular formula is C17H23N3O5S. The van der Waals surface area contributed by atoms with E-state index in [1.165, 1.54) is 13.5 Å². The molecule has 0 aliphatic carbocycles. The van der Waals surface area contributed by atoms with Crippen LogP contribution in [0.2, 0.25) is 0 Å². The van der Waals surface area contributed by atoms with Gasteiger partial charge in [-0.1, -0.05) is 13.8 Å². The second-order valence-corrected chi connectivity index (χ2v) is 8.12. The first-order valence-corrected chi connectivity index (χ1v) is 9.94. The molecule has 142 valence electrons. The smallest absolute Gasteiger partial charge is 0.242 e. The van der Waals surface area contributed by atoms with Crippen molar-refractivity contribution >= 4 is 21.6 Å². The van der Waals surface area contributed by atoms with Crippen molar-refractivity contribution in [2.24, 2.45) is 5.92 Å². The maximum Gasteiger partial charge on any atom is 0.242 e. The minimum Gasteiger partial charge on any atom is -0.496 e. The lowest BCUT2D eigenvalue weighted by atomic mass is 10.0. The Hall–Kier alpha value is -2.39. The average molecular weight is 381 g/mol. The van der Waals surface area contributed by atoms with Crippen LogP contribution in [-0.4, -0.2) is 38.7 Å². The molecule has 0 spiro atoms. The van der Waals surface area contributed by atoms with Crippen LogP contribution in [0.3, 0.4) is 0 Å². The highest BCUT2D eigenvalue weighted by Crippen LogP contribution is 2.32. The Balaban J connectivity index is 2.21. The molecule has 2 aromatic rings. The van der Waals surface area contributed by atoms with Crippen molar-refractivity contribution in [1.29, 1.82) is 0 Å². The second kappa shape index (κ2) is 8.33. The number of amides is 1. The van der Waals surface area contributed by atoms with Crippen molar-refractivity contribution < 1.29 is 22.4 Å². The number of carbonyl (C=O) groups is 1. The molecule has 1 amide bonds. The molecule has 2 N–H and O–H groups in total. The number of benzene rings is 1. The first kappa shape index (κ1) is 19.9. The predicted octanol–water partition coefficient (Wildman–Crippen LogP) is 2.25. The summed E-state index contributed by atoms with van der Waals surface area (Å²) in [6.45, 7) is 3.83. The van der Waals surface area contributed by atoms with Crippen molar-refractivity contribution in [1.82, 2.24) is 9.71 Å². The third kappa shape index (κ3) is 5.57. The Kier molecular flexibility index (Phi) is 6.38. The Bertz CT molecular complexity index is 847. The number of oxazole rings is 1. The molecule has 1 aromatic heterocycles. The Labute approximate surface area is 153 Å². The van der Waals surface area contributed by atoms with Crippen LogP contribution in [0.4, 0.5) is 5.69 Å². The molecule has 9 heteroatoms. The molecule has 0 radical (unpaired) electrons. The van der Waals surface area contributed by atoms with E-state index in [2.05, 4.69) is 15.0 Å². The molecule has 1 unspecified atom stereocenters. The standard InChI is InChI=1S/C17H23N3O5S/c1-11(2)7-14(20-26(4,22)23)17(21)19-12-5-6-13(15(8-12)24-3)16-9-18-10-25-16/h5-6,8-11,14,20H,7H2,1-4H3,(H,19,21). The number of carbonyl (C=O) groups excluding carboxylic acids is 1. The van der Waals surface area contributed by atoms with Crippen LogP contribution in [-0.2, 0) is 14.8 Å². The van der Waals surface area contributed by atoms with Crippen LogP contribution in [0.25, 0.3) is 11.3 Å². The van der Waals surface area contributed by atoms with E-state index < -0.39 is 22.0 Å². The second-order valence-electron chi connectivity index (χ2n) is 6.34. The fourth-order valence-corrected chi connectivity index (χ4v) is 3.21. The van der Waals surface area contributed by atoms with Crippen molar-refractivity contribution in [2.75, 3.05) is 18.7 Å². The summed E-state index contributed by atoms with van der Waals surface area (Å²) in [5.41, 5.74) is 1.18. The van der Waals surface area contributed by atoms with E-state index in [1.807, 2.05) is 13.8 Å². The van der Waals surface area contributed by atoms with E-state index in [0.29, 0.717) is 29.2 Å². The fourth-order valence-electron chi connectivity index (χ4n) is 2.49. The maximum absolute atomic E-state index is 12.5. The van der Waals surface area contributed by atoms with E-state index in [1.54, 1.807) is 24.4 Å². The van der Waals surface area contributed by atoms with Gasteiger partial charge < -0.3 is 14.5 Å². The van der Waals surface area contributed by atoms with Crippen molar-refractivity contribution in [3.05, 3.63) is 30.8 Å². The Morgan fingerprint density at radius 1 is 1.35 bits per heavy atom. The zero-order valence-corrected chi connectivity index (χ0v) is 16.0. The lowest BCUT2D eigenvalue weighted by Crippen LogP contribution is -2.44. The van der Waals surface area contributed by atoms with Crippen LogP contribution >= 0.6 is 0 Å². The van der Waals surface area contributed by atoms with Gasteiger partial charge in [0.15, 0.2) is 12.2 Å². The van der Waals surface area contributed by atoms with Gasteiger partial charge in [-0.25, -0.2) is 18.1 Å². The molecule has 0 bridgehead atoms. The Morgan fingerprint density at radius 2 is 2.08 bits per heavy atom. The molecule has 1 atom stereocenters. The van der Waals surface area contributed by atoms with Gasteiger partial charge in [0.25, 0.3) is 0 Å². The van der Waals surface area contributed by atoms with E-state index in [9.17, 15) is 13.2 Å². The first-order chi connectivity index (χ1) is 12.2. The van der Waals surface area contributed by atoms with Gasteiger partial charge >= 0.3 is 0 Å². The number of anilines is 1. The van der Waals surface area contributed by atoms with Gasteiger partial charge in [0.2, 0.25) is 15.9 Å². The summed E-state index contributed by atoms with van der Waals surface area (Å²) < 4.78 is 36.0. The minimum atomic E-state index is -3.51. The van der Waals surface area contributed by atoms with Crippen molar-refractivity contribution in [3.63, 3.8) is 0 Å². The SMILES string of the molecule is COc1cc(NC(=O)C(CC(C)C)NS(C)(=O)=O)ccc1-c1cnco1. The zero-order valence-electron chi connectivity index (χ0n) is 15.1. The van der Waals surface area contributed by atoms with Crippen LogP contribution in [0.15, 0.2) is 35.2 Å². The first-order valence-electron chi connectivity index (χ1n) is 8.04. The molecule has 0 aliphatic heterocycles. The molecule has 2 rings (SSSR count). The van der Waals surface area contributed by atoms with Gasteiger partial charge in [0.1, 0.15) is 11.8 Å². The van der Waals surface area contributed by atoms with Crippen LogP contribution < -0.4 is 14.8 Å². The van der Waals surface area contributed by atoms with Gasteiger partial charge in [0.05, 0.1) is 25.1 Å².